The third-order valence-electron chi connectivity index (χ3n) is 3.54. The van der Waals surface area contributed by atoms with Crippen LogP contribution in [0.15, 0.2) is 30.6 Å². The van der Waals surface area contributed by atoms with E-state index in [1.807, 2.05) is 24.3 Å². The lowest BCUT2D eigenvalue weighted by Gasteiger charge is -2.05. The highest BCUT2D eigenvalue weighted by atomic mass is 32.1. The Hall–Kier alpha value is -2.98. The summed E-state index contributed by atoms with van der Waals surface area (Å²) in [5.74, 6) is 6.53. The number of esters is 1. The van der Waals surface area contributed by atoms with Crippen molar-refractivity contribution in [3.63, 3.8) is 0 Å². The summed E-state index contributed by atoms with van der Waals surface area (Å²) in [5, 5.41) is 4.89. The van der Waals surface area contributed by atoms with Gasteiger partial charge in [-0.3, -0.25) is 0 Å². The van der Waals surface area contributed by atoms with Crippen molar-refractivity contribution in [2.45, 2.75) is 20.3 Å². The highest BCUT2D eigenvalue weighted by molar-refractivity contribution is 7.14. The number of carbonyl (C=O) groups excluding carboxylic acids is 1. The molecule has 6 nitrogen and oxygen atoms in total. The SMILES string of the molecule is CCOC(=O)c1sc(C#CCCNc2ncnc3ccccc23)nc1C. The predicted octanol–water partition coefficient (Wildman–Crippen LogP) is 3.43. The molecule has 0 saturated heterocycles. The topological polar surface area (TPSA) is 77.0 Å². The number of para-hydroxylation sites is 1. The number of aromatic nitrogens is 3. The average molecular weight is 366 g/mol. The van der Waals surface area contributed by atoms with Gasteiger partial charge in [-0.25, -0.2) is 19.7 Å². The molecule has 0 unspecified atom stereocenters. The van der Waals surface area contributed by atoms with Gasteiger partial charge in [-0.1, -0.05) is 29.4 Å². The van der Waals surface area contributed by atoms with E-state index in [0.717, 1.165) is 16.7 Å². The van der Waals surface area contributed by atoms with Crippen LogP contribution in [-0.2, 0) is 4.74 Å². The van der Waals surface area contributed by atoms with Gasteiger partial charge in [0.2, 0.25) is 0 Å². The van der Waals surface area contributed by atoms with Gasteiger partial charge in [0.15, 0.2) is 5.01 Å². The van der Waals surface area contributed by atoms with E-state index in [4.69, 9.17) is 4.74 Å². The smallest absolute Gasteiger partial charge is 0.350 e. The third kappa shape index (κ3) is 4.16. The predicted molar refractivity (Wildman–Crippen MR) is 102 cm³/mol. The molecule has 3 aromatic rings. The van der Waals surface area contributed by atoms with Crippen molar-refractivity contribution in [2.75, 3.05) is 18.5 Å². The van der Waals surface area contributed by atoms with Gasteiger partial charge in [0, 0.05) is 18.4 Å². The number of nitrogens with zero attached hydrogens (tertiary/aromatic N) is 3. The van der Waals surface area contributed by atoms with E-state index in [0.29, 0.717) is 35.2 Å². The molecule has 7 heteroatoms. The number of hydrogen-bond acceptors (Lipinski definition) is 7. The molecule has 0 spiro atoms. The maximum Gasteiger partial charge on any atom is 0.350 e. The number of hydrogen-bond donors (Lipinski definition) is 1. The van der Waals surface area contributed by atoms with Gasteiger partial charge < -0.3 is 10.1 Å². The Morgan fingerprint density at radius 3 is 3.00 bits per heavy atom. The zero-order valence-electron chi connectivity index (χ0n) is 14.6. The number of rotatable bonds is 5. The second-order valence-electron chi connectivity index (χ2n) is 5.37. The van der Waals surface area contributed by atoms with Gasteiger partial charge in [-0.15, -0.1) is 0 Å². The molecule has 0 amide bonds. The molecule has 2 aromatic heterocycles. The van der Waals surface area contributed by atoms with Crippen molar-refractivity contribution in [3.8, 4) is 11.8 Å². The fourth-order valence-electron chi connectivity index (χ4n) is 2.36. The van der Waals surface area contributed by atoms with Gasteiger partial charge in [0.05, 0.1) is 17.8 Å². The van der Waals surface area contributed by atoms with Crippen LogP contribution >= 0.6 is 11.3 Å². The molecule has 0 aliphatic heterocycles. The maximum absolute atomic E-state index is 11.8. The van der Waals surface area contributed by atoms with Crippen LogP contribution in [0.2, 0.25) is 0 Å². The molecule has 1 aromatic carbocycles. The molecule has 1 N–H and O–H groups in total. The Bertz CT molecular complexity index is 983. The second kappa shape index (κ2) is 8.41. The molecule has 0 radical (unpaired) electrons. The molecule has 0 aliphatic rings. The summed E-state index contributed by atoms with van der Waals surface area (Å²) in [4.78, 5) is 25.1. The molecule has 0 aliphatic carbocycles. The molecule has 26 heavy (non-hydrogen) atoms. The van der Waals surface area contributed by atoms with Gasteiger partial charge in [0.25, 0.3) is 0 Å². The Morgan fingerprint density at radius 1 is 1.31 bits per heavy atom. The van der Waals surface area contributed by atoms with Gasteiger partial charge in [0.1, 0.15) is 17.0 Å². The quantitative estimate of drug-likeness (QED) is 0.423. The lowest BCUT2D eigenvalue weighted by Crippen LogP contribution is -2.03. The Labute approximate surface area is 155 Å². The van der Waals surface area contributed by atoms with Crippen LogP contribution < -0.4 is 5.32 Å². The van der Waals surface area contributed by atoms with Gasteiger partial charge in [-0.05, 0) is 31.9 Å². The molecule has 0 fully saturated rings. The standard InChI is InChI=1S/C19H18N4O2S/c1-3-25-19(24)17-13(2)23-16(26-17)10-6-7-11-20-18-14-8-4-5-9-15(14)21-12-22-18/h4-5,8-9,12H,3,7,11H2,1-2H3,(H,20,21,22). The summed E-state index contributed by atoms with van der Waals surface area (Å²) in [6.45, 7) is 4.57. The summed E-state index contributed by atoms with van der Waals surface area (Å²) in [7, 11) is 0. The van der Waals surface area contributed by atoms with Crippen LogP contribution in [0, 0.1) is 18.8 Å². The first-order chi connectivity index (χ1) is 12.7. The summed E-state index contributed by atoms with van der Waals surface area (Å²) >= 11 is 1.26. The minimum Gasteiger partial charge on any atom is -0.462 e. The van der Waals surface area contributed by atoms with Crippen molar-refractivity contribution in [2.24, 2.45) is 0 Å². The first-order valence-corrected chi connectivity index (χ1v) is 9.07. The highest BCUT2D eigenvalue weighted by Crippen LogP contribution is 2.19. The first-order valence-electron chi connectivity index (χ1n) is 8.26. The van der Waals surface area contributed by atoms with E-state index in [-0.39, 0.29) is 5.97 Å². The molecule has 3 rings (SSSR count). The number of thiazole rings is 1. The van der Waals surface area contributed by atoms with Crippen LogP contribution in [0.4, 0.5) is 5.82 Å². The number of benzene rings is 1. The lowest BCUT2D eigenvalue weighted by atomic mass is 10.2. The van der Waals surface area contributed by atoms with E-state index in [9.17, 15) is 4.79 Å². The summed E-state index contributed by atoms with van der Waals surface area (Å²) in [6.07, 6.45) is 2.18. The number of carbonyl (C=O) groups is 1. The fourth-order valence-corrected chi connectivity index (χ4v) is 3.20. The van der Waals surface area contributed by atoms with Crippen molar-refractivity contribution in [1.82, 2.24) is 15.0 Å². The van der Waals surface area contributed by atoms with Crippen molar-refractivity contribution >= 4 is 34.0 Å². The molecule has 0 atom stereocenters. The van der Waals surface area contributed by atoms with Crippen LogP contribution in [0.5, 0.6) is 0 Å². The first kappa shape index (κ1) is 17.8. The van der Waals surface area contributed by atoms with E-state index in [2.05, 4.69) is 32.1 Å². The molecular formula is C19H18N4O2S. The van der Waals surface area contributed by atoms with Gasteiger partial charge >= 0.3 is 5.97 Å². The average Bonchev–Trinajstić information content (AvgIpc) is 3.02. The second-order valence-corrected chi connectivity index (χ2v) is 6.37. The minimum atomic E-state index is -0.340. The Kier molecular flexibility index (Phi) is 5.77. The van der Waals surface area contributed by atoms with Crippen molar-refractivity contribution in [1.29, 1.82) is 0 Å². The maximum atomic E-state index is 11.8. The van der Waals surface area contributed by atoms with Crippen LogP contribution in [0.1, 0.15) is 33.7 Å². The van der Waals surface area contributed by atoms with E-state index >= 15 is 0 Å². The van der Waals surface area contributed by atoms with E-state index in [1.54, 1.807) is 20.2 Å². The Balaban J connectivity index is 1.59. The fraction of sp³-hybridized carbons (Fsp3) is 0.263. The molecule has 132 valence electrons. The number of aryl methyl sites for hydroxylation is 1. The van der Waals surface area contributed by atoms with Gasteiger partial charge in [-0.2, -0.15) is 0 Å². The molecule has 0 bridgehead atoms. The number of nitrogens with one attached hydrogen (secondary N) is 1. The van der Waals surface area contributed by atoms with Crippen LogP contribution in [-0.4, -0.2) is 34.1 Å². The number of fused-ring (bicyclic) bond motifs is 1. The largest absolute Gasteiger partial charge is 0.462 e. The van der Waals surface area contributed by atoms with Crippen LogP contribution in [0.3, 0.4) is 0 Å². The minimum absolute atomic E-state index is 0.340. The zero-order chi connectivity index (χ0) is 18.4. The number of anilines is 1. The molecule has 0 saturated carbocycles. The molecule has 2 heterocycles. The molecular weight excluding hydrogens is 348 g/mol. The third-order valence-corrected chi connectivity index (χ3v) is 4.59. The number of ether oxygens (including phenoxy) is 1. The highest BCUT2D eigenvalue weighted by Gasteiger charge is 2.15. The van der Waals surface area contributed by atoms with Crippen LogP contribution in [0.25, 0.3) is 10.9 Å². The van der Waals surface area contributed by atoms with E-state index < -0.39 is 0 Å². The lowest BCUT2D eigenvalue weighted by molar-refractivity contribution is 0.0531. The Morgan fingerprint density at radius 2 is 2.15 bits per heavy atom. The summed E-state index contributed by atoms with van der Waals surface area (Å²) < 4.78 is 5.01. The normalized spacial score (nSPS) is 10.2. The monoisotopic (exact) mass is 366 g/mol. The summed E-state index contributed by atoms with van der Waals surface area (Å²) in [6, 6.07) is 7.85. The van der Waals surface area contributed by atoms with Crippen molar-refractivity contribution < 1.29 is 9.53 Å². The summed E-state index contributed by atoms with van der Waals surface area (Å²) in [5.41, 5.74) is 1.56. The van der Waals surface area contributed by atoms with E-state index in [1.165, 1.54) is 11.3 Å². The van der Waals surface area contributed by atoms with Crippen molar-refractivity contribution in [3.05, 3.63) is 46.2 Å². The zero-order valence-corrected chi connectivity index (χ0v) is 15.4.